The van der Waals surface area contributed by atoms with Crippen LogP contribution in [0.3, 0.4) is 0 Å². The van der Waals surface area contributed by atoms with Gasteiger partial charge in [-0.25, -0.2) is 9.18 Å². The molecule has 1 atom stereocenters. The molecule has 1 aromatic heterocycles. The number of benzene rings is 1. The van der Waals surface area contributed by atoms with Gasteiger partial charge in [-0.1, -0.05) is 6.07 Å². The molecular weight excluding hydrogens is 265 g/mol. The standard InChI is InChI=1S/C14H14FNO2S/c1-9(13-3-2-6-19-13)16-8-11-7-10(14(17)18)4-5-12(11)15/h2-7,9,16H,8H2,1H3,(H,17,18)/t9-/m0/s1. The molecule has 0 fully saturated rings. The van der Waals surface area contributed by atoms with E-state index in [-0.39, 0.29) is 11.6 Å². The maximum atomic E-state index is 13.6. The third-order valence-electron chi connectivity index (χ3n) is 2.86. The first-order chi connectivity index (χ1) is 9.08. The molecule has 100 valence electrons. The summed E-state index contributed by atoms with van der Waals surface area (Å²) in [6.07, 6.45) is 0. The Labute approximate surface area is 114 Å². The molecule has 2 rings (SSSR count). The highest BCUT2D eigenvalue weighted by molar-refractivity contribution is 7.10. The second-order valence-electron chi connectivity index (χ2n) is 4.23. The van der Waals surface area contributed by atoms with Crippen LogP contribution in [0.1, 0.15) is 33.8 Å². The van der Waals surface area contributed by atoms with Crippen LogP contribution in [0.2, 0.25) is 0 Å². The van der Waals surface area contributed by atoms with Crippen LogP contribution in [0.4, 0.5) is 4.39 Å². The van der Waals surface area contributed by atoms with Crippen LogP contribution < -0.4 is 5.32 Å². The Kier molecular flexibility index (Phi) is 4.29. The van der Waals surface area contributed by atoms with Crippen LogP contribution in [0.25, 0.3) is 0 Å². The number of halogens is 1. The fourth-order valence-electron chi connectivity index (χ4n) is 1.74. The van der Waals surface area contributed by atoms with Gasteiger partial charge in [0.1, 0.15) is 5.82 Å². The Hall–Kier alpha value is -1.72. The second-order valence-corrected chi connectivity index (χ2v) is 5.21. The molecule has 0 saturated heterocycles. The maximum Gasteiger partial charge on any atom is 0.335 e. The minimum absolute atomic E-state index is 0.0991. The monoisotopic (exact) mass is 279 g/mol. The summed E-state index contributed by atoms with van der Waals surface area (Å²) >= 11 is 1.63. The lowest BCUT2D eigenvalue weighted by molar-refractivity contribution is 0.0696. The van der Waals surface area contributed by atoms with E-state index in [4.69, 9.17) is 5.11 Å². The summed E-state index contributed by atoms with van der Waals surface area (Å²) in [5.74, 6) is -1.44. The molecular formula is C14H14FNO2S. The third-order valence-corrected chi connectivity index (χ3v) is 3.92. The molecule has 0 radical (unpaired) electrons. The molecule has 19 heavy (non-hydrogen) atoms. The van der Waals surface area contributed by atoms with Crippen molar-refractivity contribution in [3.8, 4) is 0 Å². The first kappa shape index (κ1) is 13.7. The van der Waals surface area contributed by atoms with Gasteiger partial charge in [0.15, 0.2) is 0 Å². The highest BCUT2D eigenvalue weighted by atomic mass is 32.1. The van der Waals surface area contributed by atoms with Crippen LogP contribution >= 0.6 is 11.3 Å². The Morgan fingerprint density at radius 1 is 1.47 bits per heavy atom. The van der Waals surface area contributed by atoms with Crippen molar-refractivity contribution in [2.75, 3.05) is 0 Å². The zero-order valence-corrected chi connectivity index (χ0v) is 11.2. The molecule has 5 heteroatoms. The van der Waals surface area contributed by atoms with Crippen molar-refractivity contribution in [2.24, 2.45) is 0 Å². The summed E-state index contributed by atoms with van der Waals surface area (Å²) in [5.41, 5.74) is 0.463. The first-order valence-electron chi connectivity index (χ1n) is 5.86. The summed E-state index contributed by atoms with van der Waals surface area (Å²) in [4.78, 5) is 12.0. The van der Waals surface area contributed by atoms with Gasteiger partial charge in [-0.2, -0.15) is 0 Å². The predicted molar refractivity (Wildman–Crippen MR) is 72.9 cm³/mol. The van der Waals surface area contributed by atoms with Gasteiger partial charge in [0.25, 0.3) is 0 Å². The van der Waals surface area contributed by atoms with E-state index < -0.39 is 11.8 Å². The predicted octanol–water partition coefficient (Wildman–Crippen LogP) is 3.44. The molecule has 0 amide bonds. The van der Waals surface area contributed by atoms with E-state index in [2.05, 4.69) is 5.32 Å². The topological polar surface area (TPSA) is 49.3 Å². The molecule has 2 aromatic rings. The molecule has 0 unspecified atom stereocenters. The molecule has 0 spiro atoms. The van der Waals surface area contributed by atoms with E-state index in [1.54, 1.807) is 11.3 Å². The van der Waals surface area contributed by atoms with Crippen molar-refractivity contribution in [1.82, 2.24) is 5.32 Å². The molecule has 0 aliphatic rings. The lowest BCUT2D eigenvalue weighted by Gasteiger charge is -2.13. The van der Waals surface area contributed by atoms with Crippen molar-refractivity contribution < 1.29 is 14.3 Å². The van der Waals surface area contributed by atoms with Crippen molar-refractivity contribution in [1.29, 1.82) is 0 Å². The molecule has 1 aromatic carbocycles. The number of nitrogens with one attached hydrogen (secondary N) is 1. The molecule has 0 aliphatic heterocycles. The molecule has 1 heterocycles. The number of thiophene rings is 1. The first-order valence-corrected chi connectivity index (χ1v) is 6.74. The quantitative estimate of drug-likeness (QED) is 0.881. The Balaban J connectivity index is 2.06. The van der Waals surface area contributed by atoms with Gasteiger partial charge < -0.3 is 10.4 Å². The highest BCUT2D eigenvalue weighted by Gasteiger charge is 2.10. The van der Waals surface area contributed by atoms with Gasteiger partial charge in [-0.15, -0.1) is 11.3 Å². The molecule has 0 saturated carbocycles. The van der Waals surface area contributed by atoms with Gasteiger partial charge in [0.05, 0.1) is 5.56 Å². The van der Waals surface area contributed by atoms with Crippen molar-refractivity contribution in [3.63, 3.8) is 0 Å². The number of carbonyl (C=O) groups is 1. The van der Waals surface area contributed by atoms with E-state index >= 15 is 0 Å². The summed E-state index contributed by atoms with van der Waals surface area (Å²) < 4.78 is 13.6. The molecule has 3 nitrogen and oxygen atoms in total. The Morgan fingerprint density at radius 3 is 2.89 bits per heavy atom. The molecule has 0 bridgehead atoms. The SMILES string of the molecule is C[C@H](NCc1cc(C(=O)O)ccc1F)c1cccs1. The minimum Gasteiger partial charge on any atom is -0.478 e. The Morgan fingerprint density at radius 2 is 2.26 bits per heavy atom. The summed E-state index contributed by atoms with van der Waals surface area (Å²) in [5, 5.41) is 14.1. The van der Waals surface area contributed by atoms with Crippen molar-refractivity contribution >= 4 is 17.3 Å². The number of rotatable bonds is 5. The second kappa shape index (κ2) is 5.95. The van der Waals surface area contributed by atoms with Crippen LogP contribution in [0.5, 0.6) is 0 Å². The van der Waals surface area contributed by atoms with Crippen LogP contribution in [0, 0.1) is 5.82 Å². The van der Waals surface area contributed by atoms with Crippen LogP contribution in [0.15, 0.2) is 35.7 Å². The summed E-state index contributed by atoms with van der Waals surface area (Å²) in [6, 6.07) is 7.90. The number of hydrogen-bond donors (Lipinski definition) is 2. The third kappa shape index (κ3) is 3.39. The van der Waals surface area contributed by atoms with Crippen LogP contribution in [-0.2, 0) is 6.54 Å². The van der Waals surface area contributed by atoms with Gasteiger partial charge in [0.2, 0.25) is 0 Å². The minimum atomic E-state index is -1.05. The van der Waals surface area contributed by atoms with Crippen LogP contribution in [-0.4, -0.2) is 11.1 Å². The average Bonchev–Trinajstić information content (AvgIpc) is 2.91. The summed E-state index contributed by atoms with van der Waals surface area (Å²) in [7, 11) is 0. The van der Waals surface area contributed by atoms with Crippen molar-refractivity contribution in [3.05, 3.63) is 57.5 Å². The lowest BCUT2D eigenvalue weighted by Crippen LogP contribution is -2.18. The number of carboxylic acids is 1. The van der Waals surface area contributed by atoms with Crippen molar-refractivity contribution in [2.45, 2.75) is 19.5 Å². The zero-order valence-electron chi connectivity index (χ0n) is 10.4. The van der Waals surface area contributed by atoms with E-state index in [0.29, 0.717) is 12.1 Å². The maximum absolute atomic E-state index is 13.6. The number of hydrogen-bond acceptors (Lipinski definition) is 3. The smallest absolute Gasteiger partial charge is 0.335 e. The van der Waals surface area contributed by atoms with E-state index in [1.165, 1.54) is 18.2 Å². The molecule has 0 aliphatic carbocycles. The van der Waals surface area contributed by atoms with E-state index in [1.807, 2.05) is 24.4 Å². The largest absolute Gasteiger partial charge is 0.478 e. The molecule has 2 N–H and O–H groups in total. The fourth-order valence-corrected chi connectivity index (χ4v) is 2.50. The normalized spacial score (nSPS) is 12.3. The van der Waals surface area contributed by atoms with Gasteiger partial charge >= 0.3 is 5.97 Å². The van der Waals surface area contributed by atoms with Gasteiger partial charge in [-0.05, 0) is 36.6 Å². The zero-order chi connectivity index (χ0) is 13.8. The van der Waals surface area contributed by atoms with Gasteiger partial charge in [0, 0.05) is 23.0 Å². The lowest BCUT2D eigenvalue weighted by atomic mass is 10.1. The fraction of sp³-hybridized carbons (Fsp3) is 0.214. The average molecular weight is 279 g/mol. The van der Waals surface area contributed by atoms with E-state index in [0.717, 1.165) is 4.88 Å². The Bertz CT molecular complexity index is 569. The van der Waals surface area contributed by atoms with E-state index in [9.17, 15) is 9.18 Å². The summed E-state index contributed by atoms with van der Waals surface area (Å²) in [6.45, 7) is 2.29. The van der Waals surface area contributed by atoms with Gasteiger partial charge in [-0.3, -0.25) is 0 Å². The number of carboxylic acid groups (broad SMARTS) is 1. The number of aromatic carboxylic acids is 1. The highest BCUT2D eigenvalue weighted by Crippen LogP contribution is 2.19.